The second kappa shape index (κ2) is 9.89. The van der Waals surface area contributed by atoms with E-state index in [0.717, 1.165) is 0 Å². The quantitative estimate of drug-likeness (QED) is 0.442. The van der Waals surface area contributed by atoms with Crippen molar-refractivity contribution in [3.63, 3.8) is 0 Å². The Balaban J connectivity index is 1.97. The molecule has 2 amide bonds. The van der Waals surface area contributed by atoms with E-state index in [4.69, 9.17) is 4.74 Å². The molecule has 2 rings (SSSR count). The summed E-state index contributed by atoms with van der Waals surface area (Å²) in [4.78, 5) is 23.9. The minimum absolute atomic E-state index is 0.00994. The molecule has 2 aromatic rings. The molecule has 0 atom stereocenters. The molecule has 2 aromatic carbocycles. The van der Waals surface area contributed by atoms with Gasteiger partial charge in [0.15, 0.2) is 11.5 Å². The minimum atomic E-state index is -0.388. The maximum absolute atomic E-state index is 12.2. The van der Waals surface area contributed by atoms with Gasteiger partial charge in [0.25, 0.3) is 5.91 Å². The number of carbonyl (C=O) groups is 2. The molecule has 0 aliphatic rings. The Hall–Kier alpha value is -2.87. The van der Waals surface area contributed by atoms with E-state index in [2.05, 4.69) is 31.8 Å². The highest BCUT2D eigenvalue weighted by Gasteiger charge is 2.09. The number of rotatable bonds is 7. The van der Waals surface area contributed by atoms with Gasteiger partial charge in [0.05, 0.1) is 17.8 Å². The Labute approximate surface area is 171 Å². The summed E-state index contributed by atoms with van der Waals surface area (Å²) in [5, 5.41) is 16.5. The first-order valence-electron chi connectivity index (χ1n) is 8.60. The molecule has 0 fully saturated rings. The van der Waals surface area contributed by atoms with E-state index in [-0.39, 0.29) is 29.2 Å². The Bertz CT molecular complexity index is 880. The summed E-state index contributed by atoms with van der Waals surface area (Å²) >= 11 is 3.22. The third-order valence-electron chi connectivity index (χ3n) is 3.67. The second-order valence-corrected chi connectivity index (χ2v) is 7.33. The van der Waals surface area contributed by atoms with E-state index < -0.39 is 0 Å². The van der Waals surface area contributed by atoms with Crippen molar-refractivity contribution >= 4 is 39.6 Å². The number of halogens is 1. The van der Waals surface area contributed by atoms with E-state index >= 15 is 0 Å². The maximum Gasteiger partial charge on any atom is 0.271 e. The third-order valence-corrected chi connectivity index (χ3v) is 4.28. The van der Waals surface area contributed by atoms with Gasteiger partial charge in [-0.1, -0.05) is 13.8 Å². The monoisotopic (exact) mass is 447 g/mol. The minimum Gasteiger partial charge on any atom is -0.503 e. The van der Waals surface area contributed by atoms with Gasteiger partial charge in [0.1, 0.15) is 0 Å². The van der Waals surface area contributed by atoms with Gasteiger partial charge in [-0.3, -0.25) is 9.59 Å². The molecular weight excluding hydrogens is 426 g/mol. The Morgan fingerprint density at radius 2 is 1.93 bits per heavy atom. The van der Waals surface area contributed by atoms with Crippen LogP contribution in [0.4, 0.5) is 5.69 Å². The van der Waals surface area contributed by atoms with Crippen LogP contribution in [0.25, 0.3) is 0 Å². The van der Waals surface area contributed by atoms with Crippen LogP contribution in [0.3, 0.4) is 0 Å². The molecule has 0 aliphatic carbocycles. The number of phenols is 1. The van der Waals surface area contributed by atoms with Crippen LogP contribution in [-0.2, 0) is 4.79 Å². The van der Waals surface area contributed by atoms with E-state index in [1.165, 1.54) is 13.3 Å². The van der Waals surface area contributed by atoms with Crippen LogP contribution in [0.15, 0.2) is 46.0 Å². The Morgan fingerprint density at radius 1 is 1.25 bits per heavy atom. The van der Waals surface area contributed by atoms with E-state index in [0.29, 0.717) is 27.7 Å². The first-order chi connectivity index (χ1) is 13.3. The highest BCUT2D eigenvalue weighted by atomic mass is 79.9. The van der Waals surface area contributed by atoms with Crippen LogP contribution in [0, 0.1) is 5.92 Å². The number of aromatic hydroxyl groups is 1. The normalized spacial score (nSPS) is 10.9. The molecule has 148 valence electrons. The Morgan fingerprint density at radius 3 is 2.54 bits per heavy atom. The fraction of sp³-hybridized carbons (Fsp3) is 0.250. The molecule has 7 nitrogen and oxygen atoms in total. The van der Waals surface area contributed by atoms with E-state index in [1.807, 2.05) is 13.8 Å². The van der Waals surface area contributed by atoms with Crippen molar-refractivity contribution in [2.75, 3.05) is 12.4 Å². The number of phenolic OH excluding ortho intramolecular Hbond substituents is 1. The number of hydrazone groups is 1. The Kier molecular flexibility index (Phi) is 7.57. The van der Waals surface area contributed by atoms with Crippen LogP contribution < -0.4 is 15.5 Å². The molecule has 8 heteroatoms. The molecule has 0 unspecified atom stereocenters. The van der Waals surface area contributed by atoms with Crippen molar-refractivity contribution in [3.8, 4) is 11.5 Å². The molecule has 0 bridgehead atoms. The van der Waals surface area contributed by atoms with Gasteiger partial charge in [0, 0.05) is 17.7 Å². The predicted octanol–water partition coefficient (Wildman–Crippen LogP) is 3.91. The zero-order chi connectivity index (χ0) is 20.7. The highest BCUT2D eigenvalue weighted by Crippen LogP contribution is 2.34. The smallest absolute Gasteiger partial charge is 0.271 e. The number of nitrogens with zero attached hydrogens (tertiary/aromatic N) is 1. The average molecular weight is 448 g/mol. The van der Waals surface area contributed by atoms with Crippen molar-refractivity contribution in [1.82, 2.24) is 5.43 Å². The number of benzene rings is 2. The molecule has 0 saturated carbocycles. The summed E-state index contributed by atoms with van der Waals surface area (Å²) in [6, 6.07) is 9.77. The zero-order valence-electron chi connectivity index (χ0n) is 15.8. The number of hydrogen-bond donors (Lipinski definition) is 3. The molecule has 0 aliphatic heterocycles. The van der Waals surface area contributed by atoms with Gasteiger partial charge in [-0.25, -0.2) is 5.43 Å². The summed E-state index contributed by atoms with van der Waals surface area (Å²) in [7, 11) is 1.44. The number of methoxy groups -OCH3 is 1. The molecule has 28 heavy (non-hydrogen) atoms. The van der Waals surface area contributed by atoms with Crippen LogP contribution in [-0.4, -0.2) is 30.2 Å². The predicted molar refractivity (Wildman–Crippen MR) is 112 cm³/mol. The molecule has 3 N–H and O–H groups in total. The number of carbonyl (C=O) groups excluding carboxylic acids is 2. The molecule has 0 aromatic heterocycles. The lowest BCUT2D eigenvalue weighted by Gasteiger charge is -2.08. The van der Waals surface area contributed by atoms with E-state index in [9.17, 15) is 14.7 Å². The van der Waals surface area contributed by atoms with Gasteiger partial charge in [-0.05, 0) is 63.8 Å². The number of amides is 2. The highest BCUT2D eigenvalue weighted by molar-refractivity contribution is 9.10. The van der Waals surface area contributed by atoms with Gasteiger partial charge in [-0.15, -0.1) is 0 Å². The average Bonchev–Trinajstić information content (AvgIpc) is 2.64. The topological polar surface area (TPSA) is 100 Å². The van der Waals surface area contributed by atoms with E-state index in [1.54, 1.807) is 36.4 Å². The van der Waals surface area contributed by atoms with Gasteiger partial charge in [0.2, 0.25) is 5.91 Å². The molecular formula is C20H22BrN3O4. The van der Waals surface area contributed by atoms with Gasteiger partial charge >= 0.3 is 0 Å². The van der Waals surface area contributed by atoms with Crippen molar-refractivity contribution < 1.29 is 19.4 Å². The number of ether oxygens (including phenoxy) is 1. The zero-order valence-corrected chi connectivity index (χ0v) is 17.4. The third kappa shape index (κ3) is 6.09. The lowest BCUT2D eigenvalue weighted by Crippen LogP contribution is -2.18. The molecule has 0 heterocycles. The summed E-state index contributed by atoms with van der Waals surface area (Å²) in [6.07, 6.45) is 1.88. The van der Waals surface area contributed by atoms with Crippen molar-refractivity contribution in [2.45, 2.75) is 20.3 Å². The largest absolute Gasteiger partial charge is 0.503 e. The summed E-state index contributed by atoms with van der Waals surface area (Å²) < 4.78 is 5.52. The van der Waals surface area contributed by atoms with Crippen molar-refractivity contribution in [1.29, 1.82) is 0 Å². The SMILES string of the molecule is COc1cc(/C=N/NC(=O)c2ccc(NC(=O)CC(C)C)cc2)cc(Br)c1O. The molecule has 0 saturated heterocycles. The standard InChI is InChI=1S/C20H22BrN3O4/c1-12(2)8-18(25)23-15-6-4-14(5-7-15)20(27)24-22-11-13-9-16(21)19(26)17(10-13)28-3/h4-7,9-12,26H,8H2,1-3H3,(H,23,25)(H,24,27)/b22-11+. The second-order valence-electron chi connectivity index (χ2n) is 6.48. The maximum atomic E-state index is 12.2. The number of nitrogens with one attached hydrogen (secondary N) is 2. The lowest BCUT2D eigenvalue weighted by atomic mass is 10.1. The fourth-order valence-electron chi connectivity index (χ4n) is 2.34. The van der Waals surface area contributed by atoms with Crippen molar-refractivity contribution in [3.05, 3.63) is 52.0 Å². The van der Waals surface area contributed by atoms with Crippen molar-refractivity contribution in [2.24, 2.45) is 11.0 Å². The summed E-state index contributed by atoms with van der Waals surface area (Å²) in [6.45, 7) is 3.95. The van der Waals surface area contributed by atoms with Crippen LogP contribution in [0.5, 0.6) is 11.5 Å². The number of hydrogen-bond acceptors (Lipinski definition) is 5. The van der Waals surface area contributed by atoms with Crippen LogP contribution >= 0.6 is 15.9 Å². The molecule has 0 spiro atoms. The van der Waals surface area contributed by atoms with Crippen LogP contribution in [0.1, 0.15) is 36.2 Å². The van der Waals surface area contributed by atoms with Gasteiger partial charge in [-0.2, -0.15) is 5.10 Å². The lowest BCUT2D eigenvalue weighted by molar-refractivity contribution is -0.116. The first-order valence-corrected chi connectivity index (χ1v) is 9.39. The fourth-order valence-corrected chi connectivity index (χ4v) is 2.80. The first kappa shape index (κ1) is 21.4. The summed E-state index contributed by atoms with van der Waals surface area (Å²) in [5.41, 5.74) is 4.10. The molecule has 0 radical (unpaired) electrons. The van der Waals surface area contributed by atoms with Crippen LogP contribution in [0.2, 0.25) is 0 Å². The van der Waals surface area contributed by atoms with Gasteiger partial charge < -0.3 is 15.2 Å². The summed E-state index contributed by atoms with van der Waals surface area (Å²) in [5.74, 6) is 0.104. The number of anilines is 1.